The van der Waals surface area contributed by atoms with Gasteiger partial charge in [-0.05, 0) is 35.0 Å². The lowest BCUT2D eigenvalue weighted by atomic mass is 10.3. The minimum absolute atomic E-state index is 0.0973. The number of fused-ring (bicyclic) bond motifs is 1. The second-order valence-electron chi connectivity index (χ2n) is 3.19. The van der Waals surface area contributed by atoms with E-state index in [1.54, 1.807) is 0 Å². The highest BCUT2D eigenvalue weighted by molar-refractivity contribution is 9.10. The summed E-state index contributed by atoms with van der Waals surface area (Å²) in [7, 11) is 0. The maximum absolute atomic E-state index is 5.95. The van der Waals surface area contributed by atoms with Crippen LogP contribution in [-0.4, -0.2) is 9.97 Å². The Morgan fingerprint density at radius 1 is 1.57 bits per heavy atom. The number of nitrogens with two attached hydrogens (primary N) is 1. The zero-order valence-corrected chi connectivity index (χ0v) is 9.85. The van der Waals surface area contributed by atoms with E-state index in [2.05, 4.69) is 25.9 Å². The first kappa shape index (κ1) is 9.96. The maximum atomic E-state index is 5.95. The third-order valence-corrected chi connectivity index (χ3v) is 3.17. The number of rotatable bonds is 1. The number of nitrogens with one attached hydrogen (secondary N) is 1. The summed E-state index contributed by atoms with van der Waals surface area (Å²) < 4.78 is 0.842. The van der Waals surface area contributed by atoms with E-state index >= 15 is 0 Å². The van der Waals surface area contributed by atoms with Crippen molar-refractivity contribution in [3.63, 3.8) is 0 Å². The van der Waals surface area contributed by atoms with Crippen LogP contribution >= 0.6 is 27.5 Å². The van der Waals surface area contributed by atoms with Crippen LogP contribution in [0.3, 0.4) is 0 Å². The summed E-state index contributed by atoms with van der Waals surface area (Å²) in [6, 6.07) is 3.61. The van der Waals surface area contributed by atoms with Gasteiger partial charge >= 0.3 is 0 Å². The summed E-state index contributed by atoms with van der Waals surface area (Å²) >= 11 is 9.30. The predicted molar refractivity (Wildman–Crippen MR) is 61.4 cm³/mol. The summed E-state index contributed by atoms with van der Waals surface area (Å²) in [5.41, 5.74) is 7.49. The lowest BCUT2D eigenvalue weighted by molar-refractivity contribution is 0.760. The minimum Gasteiger partial charge on any atom is -0.341 e. The van der Waals surface area contributed by atoms with Gasteiger partial charge in [0.15, 0.2) is 0 Å². The molecule has 1 aromatic heterocycles. The first-order chi connectivity index (χ1) is 6.58. The van der Waals surface area contributed by atoms with E-state index in [0.29, 0.717) is 5.02 Å². The normalized spacial score (nSPS) is 13.4. The standard InChI is InChI=1S/C9H9BrClN3/c1-4(12)9-13-7-2-5(10)6(11)3-8(7)14-9/h2-4H,12H2,1H3,(H,13,14)/t4-/m1/s1. The van der Waals surface area contributed by atoms with Crippen molar-refractivity contribution in [1.82, 2.24) is 9.97 Å². The molecule has 74 valence electrons. The number of aromatic nitrogens is 2. The average Bonchev–Trinajstić information content (AvgIpc) is 2.48. The van der Waals surface area contributed by atoms with Crippen LogP contribution in [0.25, 0.3) is 11.0 Å². The zero-order valence-electron chi connectivity index (χ0n) is 7.51. The van der Waals surface area contributed by atoms with Gasteiger partial charge in [0.1, 0.15) is 5.82 Å². The smallest absolute Gasteiger partial charge is 0.123 e. The fraction of sp³-hybridized carbons (Fsp3) is 0.222. The van der Waals surface area contributed by atoms with Crippen molar-refractivity contribution in [2.75, 3.05) is 0 Å². The molecule has 3 nitrogen and oxygen atoms in total. The molecule has 14 heavy (non-hydrogen) atoms. The van der Waals surface area contributed by atoms with Crippen LogP contribution in [-0.2, 0) is 0 Å². The van der Waals surface area contributed by atoms with Gasteiger partial charge in [-0.25, -0.2) is 4.98 Å². The topological polar surface area (TPSA) is 54.7 Å². The monoisotopic (exact) mass is 273 g/mol. The minimum atomic E-state index is -0.0973. The van der Waals surface area contributed by atoms with Crippen molar-refractivity contribution in [3.05, 3.63) is 27.5 Å². The Kier molecular flexibility index (Phi) is 2.51. The molecule has 0 aliphatic carbocycles. The Bertz CT molecular complexity index is 439. The van der Waals surface area contributed by atoms with Crippen molar-refractivity contribution in [2.45, 2.75) is 13.0 Å². The fourth-order valence-corrected chi connectivity index (χ4v) is 1.74. The Labute approximate surface area is 94.8 Å². The predicted octanol–water partition coefficient (Wildman–Crippen LogP) is 3.00. The number of H-pyrrole nitrogens is 1. The number of hydrogen-bond acceptors (Lipinski definition) is 2. The molecule has 0 amide bonds. The number of nitrogens with zero attached hydrogens (tertiary/aromatic N) is 1. The SMILES string of the molecule is C[C@@H](N)c1nc2cc(Br)c(Cl)cc2[nH]1. The van der Waals surface area contributed by atoms with E-state index in [9.17, 15) is 0 Å². The highest BCUT2D eigenvalue weighted by atomic mass is 79.9. The third-order valence-electron chi connectivity index (χ3n) is 1.97. The number of benzene rings is 1. The van der Waals surface area contributed by atoms with Crippen LogP contribution < -0.4 is 5.73 Å². The highest BCUT2D eigenvalue weighted by Gasteiger charge is 2.08. The van der Waals surface area contributed by atoms with E-state index in [1.165, 1.54) is 0 Å². The third kappa shape index (κ3) is 1.65. The molecule has 5 heteroatoms. The van der Waals surface area contributed by atoms with Crippen molar-refractivity contribution in [1.29, 1.82) is 0 Å². The lowest BCUT2D eigenvalue weighted by Gasteiger charge is -1.96. The first-order valence-corrected chi connectivity index (χ1v) is 5.35. The lowest BCUT2D eigenvalue weighted by Crippen LogP contribution is -2.06. The molecule has 2 rings (SSSR count). The van der Waals surface area contributed by atoms with Crippen molar-refractivity contribution < 1.29 is 0 Å². The zero-order chi connectivity index (χ0) is 10.3. The summed E-state index contributed by atoms with van der Waals surface area (Å²) in [4.78, 5) is 7.47. The molecule has 1 aromatic carbocycles. The van der Waals surface area contributed by atoms with Gasteiger partial charge < -0.3 is 10.7 Å². The van der Waals surface area contributed by atoms with Gasteiger partial charge in [-0.2, -0.15) is 0 Å². The average molecular weight is 275 g/mol. The van der Waals surface area contributed by atoms with Gasteiger partial charge in [0.05, 0.1) is 22.1 Å². The van der Waals surface area contributed by atoms with E-state index in [0.717, 1.165) is 21.3 Å². The van der Waals surface area contributed by atoms with Gasteiger partial charge in [0, 0.05) is 4.47 Å². The molecule has 1 heterocycles. The Balaban J connectivity index is 2.66. The molecule has 0 saturated heterocycles. The van der Waals surface area contributed by atoms with Crippen LogP contribution in [0.2, 0.25) is 5.02 Å². The molecule has 0 spiro atoms. The Morgan fingerprint density at radius 2 is 2.29 bits per heavy atom. The number of halogens is 2. The van der Waals surface area contributed by atoms with Crippen LogP contribution in [0.15, 0.2) is 16.6 Å². The fourth-order valence-electron chi connectivity index (χ4n) is 1.24. The number of imidazole rings is 1. The van der Waals surface area contributed by atoms with E-state index < -0.39 is 0 Å². The molecule has 0 aliphatic heterocycles. The second kappa shape index (κ2) is 3.53. The van der Waals surface area contributed by atoms with Gasteiger partial charge in [-0.3, -0.25) is 0 Å². The number of hydrogen-bond donors (Lipinski definition) is 2. The molecule has 0 aliphatic rings. The highest BCUT2D eigenvalue weighted by Crippen LogP contribution is 2.27. The van der Waals surface area contributed by atoms with Crippen LogP contribution in [0.5, 0.6) is 0 Å². The largest absolute Gasteiger partial charge is 0.341 e. The summed E-state index contributed by atoms with van der Waals surface area (Å²) in [6.07, 6.45) is 0. The van der Waals surface area contributed by atoms with Gasteiger partial charge in [0.2, 0.25) is 0 Å². The molecule has 3 N–H and O–H groups in total. The van der Waals surface area contributed by atoms with Gasteiger partial charge in [-0.15, -0.1) is 0 Å². The molecule has 0 bridgehead atoms. The van der Waals surface area contributed by atoms with Crippen LogP contribution in [0.1, 0.15) is 18.8 Å². The molecule has 0 fully saturated rings. The summed E-state index contributed by atoms with van der Waals surface area (Å²) in [6.45, 7) is 1.88. The second-order valence-corrected chi connectivity index (χ2v) is 4.46. The van der Waals surface area contributed by atoms with Gasteiger partial charge in [-0.1, -0.05) is 11.6 Å². The van der Waals surface area contributed by atoms with E-state index in [-0.39, 0.29) is 6.04 Å². The van der Waals surface area contributed by atoms with E-state index in [1.807, 2.05) is 19.1 Å². The molecule has 1 atom stereocenters. The van der Waals surface area contributed by atoms with Gasteiger partial charge in [0.25, 0.3) is 0 Å². The molecule has 0 unspecified atom stereocenters. The van der Waals surface area contributed by atoms with Crippen molar-refractivity contribution in [3.8, 4) is 0 Å². The Morgan fingerprint density at radius 3 is 2.93 bits per heavy atom. The Hall–Kier alpha value is -0.580. The quantitative estimate of drug-likeness (QED) is 0.840. The van der Waals surface area contributed by atoms with Crippen LogP contribution in [0.4, 0.5) is 0 Å². The van der Waals surface area contributed by atoms with Crippen molar-refractivity contribution >= 4 is 38.6 Å². The summed E-state index contributed by atoms with van der Waals surface area (Å²) in [5, 5.41) is 0.664. The maximum Gasteiger partial charge on any atom is 0.123 e. The molecular formula is C9H9BrClN3. The summed E-state index contributed by atoms with van der Waals surface area (Å²) in [5.74, 6) is 0.772. The number of aromatic amines is 1. The molecule has 0 saturated carbocycles. The first-order valence-electron chi connectivity index (χ1n) is 4.18. The van der Waals surface area contributed by atoms with Crippen LogP contribution in [0, 0.1) is 0 Å². The molecular weight excluding hydrogens is 265 g/mol. The van der Waals surface area contributed by atoms with Crippen molar-refractivity contribution in [2.24, 2.45) is 5.73 Å². The molecule has 0 radical (unpaired) electrons. The molecule has 2 aromatic rings. The van der Waals surface area contributed by atoms with E-state index in [4.69, 9.17) is 17.3 Å².